The second kappa shape index (κ2) is 4.31. The molecule has 0 spiro atoms. The number of anilines is 1. The Labute approximate surface area is 107 Å². The predicted molar refractivity (Wildman–Crippen MR) is 70.2 cm³/mol. The smallest absolute Gasteiger partial charge is 0.234 e. The van der Waals surface area contributed by atoms with Gasteiger partial charge in [0.25, 0.3) is 0 Å². The number of hydrogen-bond donors (Lipinski definition) is 1. The molecule has 4 heteroatoms. The molecule has 1 unspecified atom stereocenters. The lowest BCUT2D eigenvalue weighted by Crippen LogP contribution is -2.56. The highest BCUT2D eigenvalue weighted by atomic mass is 35.5. The molecule has 1 aliphatic rings. The van der Waals surface area contributed by atoms with Crippen LogP contribution in [0.4, 0.5) is 5.69 Å². The van der Waals surface area contributed by atoms with Crippen molar-refractivity contribution in [3.05, 3.63) is 29.3 Å². The number of nitrogens with two attached hydrogens (primary N) is 1. The molecule has 1 atom stereocenters. The number of piperidine rings is 1. The molecular weight excluding hydrogens is 236 g/mol. The molecule has 3 nitrogen and oxygen atoms in total. The number of carbonyl (C=O) groups is 1. The Morgan fingerprint density at radius 2 is 2.18 bits per heavy atom. The minimum absolute atomic E-state index is 0.0681. The fraction of sp³-hybridized carbons (Fsp3) is 0.462. The van der Waals surface area contributed by atoms with E-state index >= 15 is 0 Å². The van der Waals surface area contributed by atoms with Crippen molar-refractivity contribution in [1.29, 1.82) is 0 Å². The van der Waals surface area contributed by atoms with E-state index < -0.39 is 5.41 Å². The molecule has 1 amide bonds. The van der Waals surface area contributed by atoms with Crippen LogP contribution in [0.25, 0.3) is 0 Å². The van der Waals surface area contributed by atoms with Gasteiger partial charge in [0.2, 0.25) is 5.91 Å². The van der Waals surface area contributed by atoms with Gasteiger partial charge in [0.1, 0.15) is 0 Å². The van der Waals surface area contributed by atoms with Gasteiger partial charge in [-0.3, -0.25) is 4.79 Å². The van der Waals surface area contributed by atoms with E-state index in [4.69, 9.17) is 17.3 Å². The Hall–Kier alpha value is -1.06. The Morgan fingerprint density at radius 3 is 2.82 bits per heavy atom. The fourth-order valence-corrected chi connectivity index (χ4v) is 2.31. The quantitative estimate of drug-likeness (QED) is 0.835. The molecule has 0 aliphatic carbocycles. The number of hydrogen-bond acceptors (Lipinski definition) is 2. The summed E-state index contributed by atoms with van der Waals surface area (Å²) in [5, 5.41) is 0.642. The van der Waals surface area contributed by atoms with Crippen LogP contribution >= 0.6 is 11.6 Å². The number of rotatable bonds is 1. The molecule has 1 aromatic rings. The number of halogens is 1. The average Bonchev–Trinajstić information content (AvgIpc) is 2.27. The molecule has 2 N–H and O–H groups in total. The van der Waals surface area contributed by atoms with Crippen LogP contribution in [0.3, 0.4) is 0 Å². The topological polar surface area (TPSA) is 46.3 Å². The summed E-state index contributed by atoms with van der Waals surface area (Å²) in [6.45, 7) is 4.46. The molecule has 1 heterocycles. The highest BCUT2D eigenvalue weighted by molar-refractivity contribution is 6.30. The molecule has 1 aromatic carbocycles. The van der Waals surface area contributed by atoms with Crippen LogP contribution in [0.15, 0.2) is 24.3 Å². The van der Waals surface area contributed by atoms with Crippen molar-refractivity contribution >= 4 is 23.2 Å². The van der Waals surface area contributed by atoms with E-state index in [1.54, 1.807) is 11.0 Å². The van der Waals surface area contributed by atoms with Crippen LogP contribution in [0.2, 0.25) is 5.02 Å². The zero-order valence-corrected chi connectivity index (χ0v) is 10.9. The normalized spacial score (nSPS) is 23.9. The second-order valence-corrected chi connectivity index (χ2v) is 5.49. The lowest BCUT2D eigenvalue weighted by atomic mass is 9.78. The summed E-state index contributed by atoms with van der Waals surface area (Å²) in [6, 6.07) is 7.29. The first kappa shape index (κ1) is 12.4. The van der Waals surface area contributed by atoms with Crippen LogP contribution in [0.5, 0.6) is 0 Å². The fourth-order valence-electron chi connectivity index (χ4n) is 2.13. The van der Waals surface area contributed by atoms with Crippen molar-refractivity contribution in [2.75, 3.05) is 11.4 Å². The van der Waals surface area contributed by atoms with Crippen molar-refractivity contribution in [2.24, 2.45) is 11.1 Å². The van der Waals surface area contributed by atoms with E-state index in [1.807, 2.05) is 32.0 Å². The second-order valence-electron chi connectivity index (χ2n) is 5.05. The van der Waals surface area contributed by atoms with E-state index in [0.29, 0.717) is 11.6 Å². The number of benzene rings is 1. The first-order valence-electron chi connectivity index (χ1n) is 5.76. The third-order valence-corrected chi connectivity index (χ3v) is 3.74. The average molecular weight is 253 g/mol. The third-order valence-electron chi connectivity index (χ3n) is 3.51. The summed E-state index contributed by atoms with van der Waals surface area (Å²) in [5.41, 5.74) is 6.34. The van der Waals surface area contributed by atoms with Gasteiger partial charge in [-0.15, -0.1) is 0 Å². The molecule has 0 saturated carbocycles. The van der Waals surface area contributed by atoms with Gasteiger partial charge in [-0.05, 0) is 38.5 Å². The van der Waals surface area contributed by atoms with Crippen molar-refractivity contribution < 1.29 is 4.79 Å². The van der Waals surface area contributed by atoms with Crippen LogP contribution in [-0.2, 0) is 4.79 Å². The maximum atomic E-state index is 12.4. The molecule has 17 heavy (non-hydrogen) atoms. The first-order valence-corrected chi connectivity index (χ1v) is 6.14. The molecule has 1 fully saturated rings. The van der Waals surface area contributed by atoms with E-state index in [1.165, 1.54) is 0 Å². The van der Waals surface area contributed by atoms with Gasteiger partial charge < -0.3 is 10.6 Å². The third kappa shape index (κ3) is 2.17. The van der Waals surface area contributed by atoms with Gasteiger partial charge >= 0.3 is 0 Å². The van der Waals surface area contributed by atoms with Gasteiger partial charge in [0.15, 0.2) is 0 Å². The SMILES string of the molecule is CC1(C)C(=O)N(c2cccc(Cl)c2)CCC1N. The lowest BCUT2D eigenvalue weighted by molar-refractivity contribution is -0.129. The summed E-state index contributed by atoms with van der Waals surface area (Å²) in [6.07, 6.45) is 0.811. The minimum atomic E-state index is -0.513. The van der Waals surface area contributed by atoms with E-state index in [2.05, 4.69) is 0 Å². The minimum Gasteiger partial charge on any atom is -0.327 e. The standard InChI is InChI=1S/C13H17ClN2O/c1-13(2)11(15)6-7-16(12(13)17)10-5-3-4-9(14)8-10/h3-5,8,11H,6-7,15H2,1-2H3. The van der Waals surface area contributed by atoms with Gasteiger partial charge in [-0.25, -0.2) is 0 Å². The highest BCUT2D eigenvalue weighted by Gasteiger charge is 2.42. The molecule has 0 bridgehead atoms. The highest BCUT2D eigenvalue weighted by Crippen LogP contribution is 2.33. The Balaban J connectivity index is 2.32. The largest absolute Gasteiger partial charge is 0.327 e. The van der Waals surface area contributed by atoms with Crippen molar-refractivity contribution in [2.45, 2.75) is 26.3 Å². The maximum Gasteiger partial charge on any atom is 0.234 e. The number of nitrogens with zero attached hydrogens (tertiary/aromatic N) is 1. The van der Waals surface area contributed by atoms with E-state index in [9.17, 15) is 4.79 Å². The summed E-state index contributed by atoms with van der Waals surface area (Å²) in [7, 11) is 0. The molecule has 2 rings (SSSR count). The summed E-state index contributed by atoms with van der Waals surface area (Å²) < 4.78 is 0. The molecule has 0 aromatic heterocycles. The first-order chi connectivity index (χ1) is 7.93. The molecule has 1 saturated heterocycles. The molecular formula is C13H17ClN2O. The maximum absolute atomic E-state index is 12.4. The van der Waals surface area contributed by atoms with Crippen molar-refractivity contribution in [3.8, 4) is 0 Å². The van der Waals surface area contributed by atoms with Crippen molar-refractivity contribution in [3.63, 3.8) is 0 Å². The van der Waals surface area contributed by atoms with Crippen LogP contribution in [-0.4, -0.2) is 18.5 Å². The Kier molecular flexibility index (Phi) is 3.15. The summed E-state index contributed by atoms with van der Waals surface area (Å²) in [4.78, 5) is 14.1. The Morgan fingerprint density at radius 1 is 1.47 bits per heavy atom. The zero-order chi connectivity index (χ0) is 12.6. The molecule has 92 valence electrons. The molecule has 0 radical (unpaired) electrons. The van der Waals surface area contributed by atoms with Gasteiger partial charge in [0, 0.05) is 23.3 Å². The van der Waals surface area contributed by atoms with Gasteiger partial charge in [0.05, 0.1) is 5.41 Å². The van der Waals surface area contributed by atoms with Crippen LogP contribution in [0.1, 0.15) is 20.3 Å². The lowest BCUT2D eigenvalue weighted by Gasteiger charge is -2.41. The monoisotopic (exact) mass is 252 g/mol. The van der Waals surface area contributed by atoms with Crippen molar-refractivity contribution in [1.82, 2.24) is 0 Å². The van der Waals surface area contributed by atoms with E-state index in [-0.39, 0.29) is 11.9 Å². The number of carbonyl (C=O) groups excluding carboxylic acids is 1. The molecule has 1 aliphatic heterocycles. The predicted octanol–water partition coefficient (Wildman–Crippen LogP) is 2.43. The zero-order valence-electron chi connectivity index (χ0n) is 10.1. The van der Waals surface area contributed by atoms with Crippen LogP contribution in [0, 0.1) is 5.41 Å². The number of amides is 1. The van der Waals surface area contributed by atoms with Gasteiger partial charge in [-0.1, -0.05) is 17.7 Å². The summed E-state index contributed by atoms with van der Waals surface area (Å²) >= 11 is 5.95. The van der Waals surface area contributed by atoms with Gasteiger partial charge in [-0.2, -0.15) is 0 Å². The Bertz CT molecular complexity index is 445. The summed E-state index contributed by atoms with van der Waals surface area (Å²) in [5.74, 6) is 0.0681. The van der Waals surface area contributed by atoms with E-state index in [0.717, 1.165) is 12.1 Å². The van der Waals surface area contributed by atoms with Crippen LogP contribution < -0.4 is 10.6 Å².